The molecular formula is C24H28N2O3. The van der Waals surface area contributed by atoms with Gasteiger partial charge < -0.3 is 14.4 Å². The maximum Gasteiger partial charge on any atom is 0.219 e. The number of carbonyl (C=O) groups is 1. The second-order valence-electron chi connectivity index (χ2n) is 8.57. The van der Waals surface area contributed by atoms with E-state index in [2.05, 4.69) is 53.1 Å². The minimum absolute atomic E-state index is 0.184. The third kappa shape index (κ3) is 3.38. The maximum atomic E-state index is 12.4. The number of aryl methyl sites for hydroxylation is 1. The van der Waals surface area contributed by atoms with Crippen LogP contribution in [0.5, 0.6) is 11.5 Å². The third-order valence-electron chi connectivity index (χ3n) is 6.66. The number of ether oxygens (including phenoxy) is 2. The zero-order chi connectivity index (χ0) is 20.0. The van der Waals surface area contributed by atoms with Crippen LogP contribution in [0, 0.1) is 18.8 Å². The first kappa shape index (κ1) is 18.5. The lowest BCUT2D eigenvalue weighted by molar-refractivity contribution is -0.130. The number of rotatable bonds is 3. The number of fused-ring (bicyclic) bond motifs is 2. The number of hydrogen-bond donors (Lipinski definition) is 0. The van der Waals surface area contributed by atoms with Crippen molar-refractivity contribution in [2.75, 3.05) is 32.8 Å². The molecule has 0 unspecified atom stereocenters. The van der Waals surface area contributed by atoms with Crippen LogP contribution < -0.4 is 9.47 Å². The van der Waals surface area contributed by atoms with Crippen LogP contribution in [0.15, 0.2) is 42.5 Å². The predicted molar refractivity (Wildman–Crippen MR) is 111 cm³/mol. The number of hydrogen-bond acceptors (Lipinski definition) is 4. The zero-order valence-electron chi connectivity index (χ0n) is 17.1. The van der Waals surface area contributed by atoms with Crippen LogP contribution in [-0.2, 0) is 11.3 Å². The molecule has 0 saturated carbocycles. The number of benzene rings is 2. The van der Waals surface area contributed by atoms with Gasteiger partial charge >= 0.3 is 0 Å². The molecular weight excluding hydrogens is 364 g/mol. The summed E-state index contributed by atoms with van der Waals surface area (Å²) in [4.78, 5) is 17.0. The van der Waals surface area contributed by atoms with Crippen molar-refractivity contribution in [1.29, 1.82) is 0 Å². The van der Waals surface area contributed by atoms with Gasteiger partial charge in [0.1, 0.15) is 13.2 Å². The quantitative estimate of drug-likeness (QED) is 0.803. The second-order valence-corrected chi connectivity index (χ2v) is 8.57. The van der Waals surface area contributed by atoms with Gasteiger partial charge in [-0.05, 0) is 41.7 Å². The van der Waals surface area contributed by atoms with Gasteiger partial charge in [0.05, 0.1) is 6.04 Å². The van der Waals surface area contributed by atoms with Crippen LogP contribution in [0.4, 0.5) is 0 Å². The minimum atomic E-state index is 0.184. The lowest BCUT2D eigenvalue weighted by atomic mass is 9.87. The Balaban J connectivity index is 1.35. The Bertz CT molecular complexity index is 928. The molecule has 0 spiro atoms. The molecule has 3 aliphatic rings. The fraction of sp³-hybridized carbons (Fsp3) is 0.458. The Hall–Kier alpha value is -2.53. The highest BCUT2D eigenvalue weighted by molar-refractivity contribution is 5.74. The molecule has 2 fully saturated rings. The highest BCUT2D eigenvalue weighted by Crippen LogP contribution is 2.46. The summed E-state index contributed by atoms with van der Waals surface area (Å²) < 4.78 is 11.4. The molecule has 2 aromatic carbocycles. The lowest BCUT2D eigenvalue weighted by Crippen LogP contribution is -2.34. The van der Waals surface area contributed by atoms with Gasteiger partial charge in [0.15, 0.2) is 11.5 Å². The number of likely N-dealkylation sites (tertiary alicyclic amines) is 2. The van der Waals surface area contributed by atoms with E-state index in [-0.39, 0.29) is 11.9 Å². The topological polar surface area (TPSA) is 42.0 Å². The van der Waals surface area contributed by atoms with E-state index in [1.165, 1.54) is 16.7 Å². The van der Waals surface area contributed by atoms with E-state index >= 15 is 0 Å². The average molecular weight is 392 g/mol. The fourth-order valence-corrected chi connectivity index (χ4v) is 5.35. The molecule has 3 aliphatic heterocycles. The Morgan fingerprint density at radius 3 is 2.62 bits per heavy atom. The summed E-state index contributed by atoms with van der Waals surface area (Å²) in [7, 11) is 0. The smallest absolute Gasteiger partial charge is 0.219 e. The first-order valence-corrected chi connectivity index (χ1v) is 10.5. The van der Waals surface area contributed by atoms with Gasteiger partial charge in [-0.2, -0.15) is 0 Å². The van der Waals surface area contributed by atoms with Crippen LogP contribution >= 0.6 is 0 Å². The summed E-state index contributed by atoms with van der Waals surface area (Å²) in [5.74, 6) is 2.90. The van der Waals surface area contributed by atoms with Gasteiger partial charge in [-0.25, -0.2) is 0 Å². The van der Waals surface area contributed by atoms with Crippen LogP contribution in [0.1, 0.15) is 29.7 Å². The van der Waals surface area contributed by atoms with Gasteiger partial charge in [0.2, 0.25) is 5.91 Å². The molecule has 29 heavy (non-hydrogen) atoms. The van der Waals surface area contributed by atoms with E-state index in [1.54, 1.807) is 6.92 Å². The van der Waals surface area contributed by atoms with Gasteiger partial charge in [-0.1, -0.05) is 30.3 Å². The minimum Gasteiger partial charge on any atom is -0.486 e. The summed E-state index contributed by atoms with van der Waals surface area (Å²) in [6.45, 7) is 8.91. The van der Waals surface area contributed by atoms with Crippen molar-refractivity contribution in [1.82, 2.24) is 9.80 Å². The van der Waals surface area contributed by atoms with E-state index in [4.69, 9.17) is 9.47 Å². The Labute approximate surface area is 172 Å². The largest absolute Gasteiger partial charge is 0.486 e. The molecule has 3 atom stereocenters. The maximum absolute atomic E-state index is 12.4. The molecule has 1 amide bonds. The molecule has 2 aromatic rings. The second kappa shape index (κ2) is 7.38. The first-order valence-electron chi connectivity index (χ1n) is 10.5. The highest BCUT2D eigenvalue weighted by Gasteiger charge is 2.48. The Morgan fingerprint density at radius 2 is 1.83 bits per heavy atom. The summed E-state index contributed by atoms with van der Waals surface area (Å²) in [6.07, 6.45) is 0. The number of nitrogens with zero attached hydrogens (tertiary/aromatic N) is 2. The molecule has 0 N–H and O–H groups in total. The summed E-state index contributed by atoms with van der Waals surface area (Å²) in [5.41, 5.74) is 3.83. The van der Waals surface area contributed by atoms with E-state index in [0.717, 1.165) is 37.7 Å². The van der Waals surface area contributed by atoms with Crippen molar-refractivity contribution < 1.29 is 14.3 Å². The molecule has 0 radical (unpaired) electrons. The van der Waals surface area contributed by atoms with Crippen molar-refractivity contribution in [2.45, 2.75) is 26.4 Å². The molecule has 0 aliphatic carbocycles. The molecule has 5 rings (SSSR count). The first-order chi connectivity index (χ1) is 14.1. The summed E-state index contributed by atoms with van der Waals surface area (Å²) >= 11 is 0. The Morgan fingerprint density at radius 1 is 1.03 bits per heavy atom. The molecule has 2 saturated heterocycles. The van der Waals surface area contributed by atoms with Gasteiger partial charge in [0, 0.05) is 39.0 Å². The fourth-order valence-electron chi connectivity index (χ4n) is 5.35. The van der Waals surface area contributed by atoms with Gasteiger partial charge in [-0.3, -0.25) is 9.69 Å². The average Bonchev–Trinajstić information content (AvgIpc) is 3.26. The van der Waals surface area contributed by atoms with E-state index in [0.29, 0.717) is 25.0 Å². The SMILES string of the molecule is CC(=O)N1C[C@H]2CN(Cc3ccc4c(c3)OCCO4)C[C@H]2[C@@H]1c1ccccc1C. The van der Waals surface area contributed by atoms with Crippen LogP contribution in [0.25, 0.3) is 0 Å². The van der Waals surface area contributed by atoms with E-state index in [1.807, 2.05) is 6.07 Å². The highest BCUT2D eigenvalue weighted by atomic mass is 16.6. The molecule has 0 aromatic heterocycles. The molecule has 3 heterocycles. The van der Waals surface area contributed by atoms with Gasteiger partial charge in [-0.15, -0.1) is 0 Å². The molecule has 152 valence electrons. The van der Waals surface area contributed by atoms with Crippen LogP contribution in [-0.4, -0.2) is 48.6 Å². The van der Waals surface area contributed by atoms with E-state index < -0.39 is 0 Å². The van der Waals surface area contributed by atoms with Crippen molar-refractivity contribution in [3.63, 3.8) is 0 Å². The number of carbonyl (C=O) groups excluding carboxylic acids is 1. The molecule has 5 nitrogen and oxygen atoms in total. The zero-order valence-corrected chi connectivity index (χ0v) is 17.1. The van der Waals surface area contributed by atoms with Crippen molar-refractivity contribution in [2.24, 2.45) is 11.8 Å². The van der Waals surface area contributed by atoms with Crippen LogP contribution in [0.3, 0.4) is 0 Å². The normalized spacial score (nSPS) is 25.9. The van der Waals surface area contributed by atoms with Crippen molar-refractivity contribution in [3.8, 4) is 11.5 Å². The standard InChI is InChI=1S/C24H28N2O3/c1-16-5-3-4-6-20(16)24-21-15-25(13-19(21)14-26(24)17(2)27)12-18-7-8-22-23(11-18)29-10-9-28-22/h3-8,11,19,21,24H,9-10,12-15H2,1-2H3/t19-,21-,24+/m1/s1. The monoisotopic (exact) mass is 392 g/mol. The van der Waals surface area contributed by atoms with Crippen LogP contribution in [0.2, 0.25) is 0 Å². The van der Waals surface area contributed by atoms with Gasteiger partial charge in [0.25, 0.3) is 0 Å². The third-order valence-corrected chi connectivity index (χ3v) is 6.66. The number of amides is 1. The predicted octanol–water partition coefficient (Wildman–Crippen LogP) is 3.42. The van der Waals surface area contributed by atoms with E-state index in [9.17, 15) is 4.79 Å². The summed E-state index contributed by atoms with van der Waals surface area (Å²) in [5, 5.41) is 0. The van der Waals surface area contributed by atoms with Crippen molar-refractivity contribution in [3.05, 3.63) is 59.2 Å². The summed E-state index contributed by atoms with van der Waals surface area (Å²) in [6, 6.07) is 15.0. The molecule has 0 bridgehead atoms. The lowest BCUT2D eigenvalue weighted by Gasteiger charge is -2.30. The molecule has 5 heteroatoms. The van der Waals surface area contributed by atoms with Crippen molar-refractivity contribution >= 4 is 5.91 Å². The Kier molecular flexibility index (Phi) is 4.70.